The van der Waals surface area contributed by atoms with Gasteiger partial charge in [0.2, 0.25) is 11.7 Å². The van der Waals surface area contributed by atoms with E-state index >= 15 is 0 Å². The van der Waals surface area contributed by atoms with Crippen molar-refractivity contribution in [1.82, 2.24) is 10.1 Å². The third-order valence-electron chi connectivity index (χ3n) is 4.09. The third-order valence-corrected chi connectivity index (χ3v) is 4.73. The molecule has 0 spiro atoms. The SMILES string of the molecule is CCOC(c1noc(C(N)CCSC)n1)C1CCCCC1. The summed E-state index contributed by atoms with van der Waals surface area (Å²) in [5, 5.41) is 4.14. The zero-order valence-corrected chi connectivity index (χ0v) is 13.9. The maximum Gasteiger partial charge on any atom is 0.243 e. The van der Waals surface area contributed by atoms with Crippen LogP contribution in [0.15, 0.2) is 4.52 Å². The number of hydrogen-bond donors (Lipinski definition) is 1. The van der Waals surface area contributed by atoms with Crippen LogP contribution in [-0.2, 0) is 4.74 Å². The van der Waals surface area contributed by atoms with Gasteiger partial charge in [0.05, 0.1) is 6.04 Å². The molecule has 0 radical (unpaired) electrons. The highest BCUT2D eigenvalue weighted by atomic mass is 32.2. The lowest BCUT2D eigenvalue weighted by atomic mass is 9.85. The molecule has 2 rings (SSSR count). The molecular formula is C15H27N3O2S. The summed E-state index contributed by atoms with van der Waals surface area (Å²) in [4.78, 5) is 4.52. The largest absolute Gasteiger partial charge is 0.370 e. The van der Waals surface area contributed by atoms with Gasteiger partial charge in [-0.25, -0.2) is 0 Å². The van der Waals surface area contributed by atoms with Gasteiger partial charge < -0.3 is 15.0 Å². The number of rotatable bonds is 8. The zero-order chi connectivity index (χ0) is 15.1. The van der Waals surface area contributed by atoms with E-state index in [1.54, 1.807) is 11.8 Å². The topological polar surface area (TPSA) is 74.2 Å². The summed E-state index contributed by atoms with van der Waals surface area (Å²) in [6.07, 6.45) is 9.12. The van der Waals surface area contributed by atoms with Crippen LogP contribution < -0.4 is 5.73 Å². The van der Waals surface area contributed by atoms with E-state index in [0.29, 0.717) is 24.2 Å². The number of nitrogens with zero attached hydrogens (tertiary/aromatic N) is 2. The van der Waals surface area contributed by atoms with Gasteiger partial charge in [-0.3, -0.25) is 0 Å². The van der Waals surface area contributed by atoms with Gasteiger partial charge in [0.25, 0.3) is 0 Å². The van der Waals surface area contributed by atoms with Gasteiger partial charge >= 0.3 is 0 Å². The van der Waals surface area contributed by atoms with E-state index in [1.807, 2.05) is 6.92 Å². The smallest absolute Gasteiger partial charge is 0.243 e. The van der Waals surface area contributed by atoms with Gasteiger partial charge in [-0.05, 0) is 44.1 Å². The van der Waals surface area contributed by atoms with Gasteiger partial charge in [-0.15, -0.1) is 0 Å². The first kappa shape index (κ1) is 16.8. The van der Waals surface area contributed by atoms with Crippen molar-refractivity contribution in [2.45, 2.75) is 57.6 Å². The average Bonchev–Trinajstić information content (AvgIpc) is 3.00. The van der Waals surface area contributed by atoms with Crippen molar-refractivity contribution in [3.05, 3.63) is 11.7 Å². The van der Waals surface area contributed by atoms with E-state index in [2.05, 4.69) is 16.4 Å². The van der Waals surface area contributed by atoms with Crippen LogP contribution in [0, 0.1) is 5.92 Å². The quantitative estimate of drug-likeness (QED) is 0.792. The summed E-state index contributed by atoms with van der Waals surface area (Å²) >= 11 is 1.77. The predicted octanol–water partition coefficient (Wildman–Crippen LogP) is 3.48. The van der Waals surface area contributed by atoms with Crippen molar-refractivity contribution in [3.8, 4) is 0 Å². The molecule has 1 fully saturated rings. The van der Waals surface area contributed by atoms with E-state index in [4.69, 9.17) is 15.0 Å². The zero-order valence-electron chi connectivity index (χ0n) is 13.1. The highest BCUT2D eigenvalue weighted by Crippen LogP contribution is 2.36. The lowest BCUT2D eigenvalue weighted by Crippen LogP contribution is -2.20. The molecule has 0 bridgehead atoms. The summed E-state index contributed by atoms with van der Waals surface area (Å²) < 4.78 is 11.3. The third kappa shape index (κ3) is 4.69. The predicted molar refractivity (Wildman–Crippen MR) is 85.2 cm³/mol. The Morgan fingerprint density at radius 3 is 2.81 bits per heavy atom. The molecule has 1 aromatic heterocycles. The Hall–Kier alpha value is -0.590. The van der Waals surface area contributed by atoms with Crippen molar-refractivity contribution in [2.24, 2.45) is 11.7 Å². The van der Waals surface area contributed by atoms with Gasteiger partial charge in [0, 0.05) is 6.61 Å². The Morgan fingerprint density at radius 1 is 1.38 bits per heavy atom. The van der Waals surface area contributed by atoms with Crippen molar-refractivity contribution < 1.29 is 9.26 Å². The molecule has 0 saturated heterocycles. The minimum Gasteiger partial charge on any atom is -0.370 e. The van der Waals surface area contributed by atoms with Crippen molar-refractivity contribution in [2.75, 3.05) is 18.6 Å². The molecule has 21 heavy (non-hydrogen) atoms. The summed E-state index contributed by atoms with van der Waals surface area (Å²) in [6, 6.07) is -0.174. The molecule has 2 atom stereocenters. The van der Waals surface area contributed by atoms with Crippen LogP contribution in [0.2, 0.25) is 0 Å². The fourth-order valence-electron chi connectivity index (χ4n) is 2.92. The number of thioether (sulfide) groups is 1. The molecule has 5 nitrogen and oxygen atoms in total. The summed E-state index contributed by atoms with van der Waals surface area (Å²) in [5.74, 6) is 2.72. The van der Waals surface area contributed by atoms with Crippen molar-refractivity contribution >= 4 is 11.8 Å². The number of aromatic nitrogens is 2. The normalized spacial score (nSPS) is 19.6. The van der Waals surface area contributed by atoms with Crippen LogP contribution in [0.5, 0.6) is 0 Å². The molecule has 2 unspecified atom stereocenters. The van der Waals surface area contributed by atoms with Gasteiger partial charge in [-0.2, -0.15) is 16.7 Å². The Balaban J connectivity index is 2.04. The van der Waals surface area contributed by atoms with E-state index in [-0.39, 0.29) is 12.1 Å². The highest BCUT2D eigenvalue weighted by molar-refractivity contribution is 7.98. The lowest BCUT2D eigenvalue weighted by Gasteiger charge is -2.27. The molecule has 1 heterocycles. The second-order valence-electron chi connectivity index (χ2n) is 5.65. The second-order valence-corrected chi connectivity index (χ2v) is 6.64. The fraction of sp³-hybridized carbons (Fsp3) is 0.867. The molecule has 6 heteroatoms. The fourth-order valence-corrected chi connectivity index (χ4v) is 3.41. The highest BCUT2D eigenvalue weighted by Gasteiger charge is 2.30. The first-order valence-electron chi connectivity index (χ1n) is 7.95. The van der Waals surface area contributed by atoms with E-state index < -0.39 is 0 Å². The first-order chi connectivity index (χ1) is 10.3. The molecule has 120 valence electrons. The Labute approximate surface area is 131 Å². The van der Waals surface area contributed by atoms with E-state index in [0.717, 1.165) is 12.2 Å². The van der Waals surface area contributed by atoms with E-state index in [1.165, 1.54) is 32.1 Å². The molecule has 0 amide bonds. The monoisotopic (exact) mass is 313 g/mol. The second kappa shape index (κ2) is 8.76. The van der Waals surface area contributed by atoms with Crippen LogP contribution >= 0.6 is 11.8 Å². The van der Waals surface area contributed by atoms with Crippen LogP contribution in [-0.4, -0.2) is 28.8 Å². The number of hydrogen-bond acceptors (Lipinski definition) is 6. The number of ether oxygens (including phenoxy) is 1. The van der Waals surface area contributed by atoms with Gasteiger partial charge in [0.1, 0.15) is 6.10 Å². The molecule has 2 N–H and O–H groups in total. The van der Waals surface area contributed by atoms with E-state index in [9.17, 15) is 0 Å². The van der Waals surface area contributed by atoms with Crippen LogP contribution in [0.1, 0.15) is 69.3 Å². The summed E-state index contributed by atoms with van der Waals surface area (Å²) in [7, 11) is 0. The number of nitrogens with two attached hydrogens (primary N) is 1. The standard InChI is InChI=1S/C15H27N3O2S/c1-3-19-13(11-7-5-4-6-8-11)14-17-15(20-18-14)12(16)9-10-21-2/h11-13H,3-10,16H2,1-2H3. The minimum atomic E-state index is -0.174. The average molecular weight is 313 g/mol. The van der Waals surface area contributed by atoms with Crippen LogP contribution in [0.3, 0.4) is 0 Å². The molecular weight excluding hydrogens is 286 g/mol. The Bertz CT molecular complexity index is 407. The molecule has 1 saturated carbocycles. The first-order valence-corrected chi connectivity index (χ1v) is 9.35. The van der Waals surface area contributed by atoms with Gasteiger partial charge in [-0.1, -0.05) is 24.4 Å². The summed E-state index contributed by atoms with van der Waals surface area (Å²) in [5.41, 5.74) is 6.10. The minimum absolute atomic E-state index is 0.0412. The Kier molecular flexibility index (Phi) is 6.99. The summed E-state index contributed by atoms with van der Waals surface area (Å²) in [6.45, 7) is 2.69. The van der Waals surface area contributed by atoms with Crippen LogP contribution in [0.25, 0.3) is 0 Å². The lowest BCUT2D eigenvalue weighted by molar-refractivity contribution is -0.00145. The molecule has 1 aromatic rings. The van der Waals surface area contributed by atoms with Crippen molar-refractivity contribution in [3.63, 3.8) is 0 Å². The molecule has 1 aliphatic rings. The van der Waals surface area contributed by atoms with Crippen molar-refractivity contribution in [1.29, 1.82) is 0 Å². The van der Waals surface area contributed by atoms with Gasteiger partial charge in [0.15, 0.2) is 0 Å². The maximum atomic E-state index is 6.10. The molecule has 0 aliphatic heterocycles. The van der Waals surface area contributed by atoms with Crippen LogP contribution in [0.4, 0.5) is 0 Å². The molecule has 1 aliphatic carbocycles. The molecule has 0 aromatic carbocycles. The maximum absolute atomic E-state index is 6.10. The Morgan fingerprint density at radius 2 is 2.14 bits per heavy atom.